The van der Waals surface area contributed by atoms with E-state index in [4.69, 9.17) is 9.15 Å². The smallest absolute Gasteiger partial charge is 0.395 e. The van der Waals surface area contributed by atoms with Crippen molar-refractivity contribution < 1.29 is 32.0 Å². The van der Waals surface area contributed by atoms with Crippen LogP contribution in [0.15, 0.2) is 22.6 Å². The SMILES string of the molecule is CCCc1nc2c3sc(NC(=O)c4ccc([N+](=O)[O-])o4)nc3c(N3CCOCC3)cc2n1CC(F)(F)F. The Balaban J connectivity index is 1.63. The van der Waals surface area contributed by atoms with Crippen LogP contribution in [0.25, 0.3) is 21.3 Å². The molecule has 1 fully saturated rings. The van der Waals surface area contributed by atoms with Crippen LogP contribution in [-0.4, -0.2) is 57.8 Å². The number of alkyl halides is 3. The highest BCUT2D eigenvalue weighted by atomic mass is 32.1. The molecular formula is C22H21F3N6O5S. The summed E-state index contributed by atoms with van der Waals surface area (Å²) in [6.45, 7) is 2.63. The number of rotatable bonds is 7. The summed E-state index contributed by atoms with van der Waals surface area (Å²) < 4.78 is 52.6. The molecule has 0 unspecified atom stereocenters. The first-order valence-corrected chi connectivity index (χ1v) is 12.2. The molecule has 4 aromatic rings. The molecule has 11 nitrogen and oxygen atoms in total. The van der Waals surface area contributed by atoms with Gasteiger partial charge in [-0.1, -0.05) is 18.3 Å². The summed E-state index contributed by atoms with van der Waals surface area (Å²) in [6.07, 6.45) is -3.47. The first-order chi connectivity index (χ1) is 17.6. The van der Waals surface area contributed by atoms with Gasteiger partial charge < -0.3 is 18.6 Å². The lowest BCUT2D eigenvalue weighted by Crippen LogP contribution is -2.36. The predicted molar refractivity (Wildman–Crippen MR) is 129 cm³/mol. The quantitative estimate of drug-likeness (QED) is 0.264. The third-order valence-corrected chi connectivity index (χ3v) is 6.80. The Morgan fingerprint density at radius 2 is 2.00 bits per heavy atom. The van der Waals surface area contributed by atoms with E-state index in [9.17, 15) is 28.1 Å². The zero-order valence-electron chi connectivity index (χ0n) is 19.5. The summed E-state index contributed by atoms with van der Waals surface area (Å²) in [5, 5.41) is 13.6. The van der Waals surface area contributed by atoms with Crippen LogP contribution in [0.2, 0.25) is 0 Å². The number of carbonyl (C=O) groups is 1. The van der Waals surface area contributed by atoms with Gasteiger partial charge in [0.25, 0.3) is 5.91 Å². The molecule has 0 aliphatic carbocycles. The van der Waals surface area contributed by atoms with Crippen LogP contribution in [0.5, 0.6) is 0 Å². The zero-order chi connectivity index (χ0) is 26.3. The minimum atomic E-state index is -4.44. The molecule has 0 saturated carbocycles. The number of hydrogen-bond acceptors (Lipinski definition) is 9. The van der Waals surface area contributed by atoms with E-state index in [0.717, 1.165) is 17.4 Å². The van der Waals surface area contributed by atoms with Crippen molar-refractivity contribution >= 4 is 55.2 Å². The number of nitrogens with one attached hydrogen (secondary N) is 1. The Labute approximate surface area is 211 Å². The number of aryl methyl sites for hydroxylation is 1. The highest BCUT2D eigenvalue weighted by molar-refractivity contribution is 7.23. The van der Waals surface area contributed by atoms with Crippen molar-refractivity contribution in [1.29, 1.82) is 0 Å². The van der Waals surface area contributed by atoms with E-state index in [2.05, 4.69) is 15.3 Å². The largest absolute Gasteiger partial charge is 0.433 e. The average molecular weight is 539 g/mol. The number of thiazole rings is 1. The summed E-state index contributed by atoms with van der Waals surface area (Å²) in [7, 11) is 0. The maximum absolute atomic E-state index is 13.5. The van der Waals surface area contributed by atoms with Gasteiger partial charge in [0.05, 0.1) is 35.2 Å². The molecule has 1 N–H and O–H groups in total. The van der Waals surface area contributed by atoms with Crippen molar-refractivity contribution in [1.82, 2.24) is 14.5 Å². The van der Waals surface area contributed by atoms with E-state index in [1.807, 2.05) is 11.8 Å². The predicted octanol–water partition coefficient (Wildman–Crippen LogP) is 4.75. The number of benzene rings is 1. The number of nitro groups is 1. The van der Waals surface area contributed by atoms with E-state index in [0.29, 0.717) is 71.9 Å². The monoisotopic (exact) mass is 538 g/mol. The number of aromatic nitrogens is 3. The van der Waals surface area contributed by atoms with Gasteiger partial charge in [0.1, 0.15) is 28.3 Å². The highest BCUT2D eigenvalue weighted by Crippen LogP contribution is 2.40. The maximum atomic E-state index is 13.5. The van der Waals surface area contributed by atoms with Gasteiger partial charge >= 0.3 is 12.1 Å². The van der Waals surface area contributed by atoms with Gasteiger partial charge in [-0.25, -0.2) is 9.97 Å². The third kappa shape index (κ3) is 4.96. The minimum Gasteiger partial charge on any atom is -0.395 e. The zero-order valence-corrected chi connectivity index (χ0v) is 20.3. The van der Waals surface area contributed by atoms with Gasteiger partial charge in [0.15, 0.2) is 10.9 Å². The van der Waals surface area contributed by atoms with Crippen LogP contribution in [0.1, 0.15) is 29.7 Å². The van der Waals surface area contributed by atoms with Crippen LogP contribution >= 0.6 is 11.3 Å². The number of amides is 1. The van der Waals surface area contributed by atoms with Crippen molar-refractivity contribution in [3.8, 4) is 0 Å². The number of morpholine rings is 1. The number of furan rings is 1. The highest BCUT2D eigenvalue weighted by Gasteiger charge is 2.32. The first kappa shape index (κ1) is 25.0. The summed E-state index contributed by atoms with van der Waals surface area (Å²) >= 11 is 1.07. The van der Waals surface area contributed by atoms with E-state index in [-0.39, 0.29) is 10.9 Å². The summed E-state index contributed by atoms with van der Waals surface area (Å²) in [5.74, 6) is -1.28. The van der Waals surface area contributed by atoms with Gasteiger partial charge in [0, 0.05) is 19.5 Å². The Kier molecular flexibility index (Phi) is 6.49. The number of ether oxygens (including phenoxy) is 1. The van der Waals surface area contributed by atoms with Crippen LogP contribution in [0, 0.1) is 10.1 Å². The molecule has 0 bridgehead atoms. The number of halogens is 3. The molecule has 37 heavy (non-hydrogen) atoms. The van der Waals surface area contributed by atoms with E-state index in [1.165, 1.54) is 10.6 Å². The second-order valence-electron chi connectivity index (χ2n) is 8.39. The van der Waals surface area contributed by atoms with Crippen molar-refractivity contribution in [2.45, 2.75) is 32.5 Å². The molecule has 1 aliphatic heterocycles. The maximum Gasteiger partial charge on any atom is 0.433 e. The minimum absolute atomic E-state index is 0.156. The second-order valence-corrected chi connectivity index (χ2v) is 9.39. The van der Waals surface area contributed by atoms with Gasteiger partial charge in [-0.3, -0.25) is 20.2 Å². The van der Waals surface area contributed by atoms with E-state index < -0.39 is 29.4 Å². The molecule has 15 heteroatoms. The van der Waals surface area contributed by atoms with Crippen LogP contribution < -0.4 is 10.2 Å². The van der Waals surface area contributed by atoms with Crippen molar-refractivity contribution in [3.05, 3.63) is 39.9 Å². The fraction of sp³-hybridized carbons (Fsp3) is 0.409. The van der Waals surface area contributed by atoms with E-state index >= 15 is 0 Å². The Morgan fingerprint density at radius 3 is 2.65 bits per heavy atom. The fourth-order valence-corrected chi connectivity index (χ4v) is 5.22. The van der Waals surface area contributed by atoms with Gasteiger partial charge in [-0.15, -0.1) is 0 Å². The summed E-state index contributed by atoms with van der Waals surface area (Å²) in [5.41, 5.74) is 1.80. The van der Waals surface area contributed by atoms with Crippen molar-refractivity contribution in [3.63, 3.8) is 0 Å². The van der Waals surface area contributed by atoms with Gasteiger partial charge in [-0.2, -0.15) is 13.2 Å². The number of nitrogens with zero attached hydrogens (tertiary/aromatic N) is 5. The molecular weight excluding hydrogens is 517 g/mol. The molecule has 196 valence electrons. The van der Waals surface area contributed by atoms with Crippen LogP contribution in [0.3, 0.4) is 0 Å². The topological polar surface area (TPSA) is 129 Å². The molecule has 1 saturated heterocycles. The fourth-order valence-electron chi connectivity index (χ4n) is 4.25. The Hall–Kier alpha value is -3.72. The number of fused-ring (bicyclic) bond motifs is 3. The lowest BCUT2D eigenvalue weighted by molar-refractivity contribution is -0.402. The van der Waals surface area contributed by atoms with E-state index in [1.54, 1.807) is 6.07 Å². The molecule has 0 radical (unpaired) electrons. The lowest BCUT2D eigenvalue weighted by Gasteiger charge is -2.29. The van der Waals surface area contributed by atoms with Crippen LogP contribution in [-0.2, 0) is 17.7 Å². The molecule has 1 amide bonds. The Morgan fingerprint density at radius 1 is 1.24 bits per heavy atom. The second kappa shape index (κ2) is 9.63. The normalized spacial score (nSPS) is 14.5. The molecule has 1 aromatic carbocycles. The third-order valence-electron chi connectivity index (χ3n) is 5.82. The van der Waals surface area contributed by atoms with Crippen LogP contribution in [0.4, 0.5) is 29.9 Å². The Bertz CT molecular complexity index is 1490. The van der Waals surface area contributed by atoms with Crippen molar-refractivity contribution in [2.75, 3.05) is 36.5 Å². The number of carbonyl (C=O) groups excluding carboxylic acids is 1. The first-order valence-electron chi connectivity index (χ1n) is 11.4. The van der Waals surface area contributed by atoms with Crippen molar-refractivity contribution in [2.24, 2.45) is 0 Å². The standard InChI is InChI=1S/C22H21F3N6O5S/c1-2-3-15-26-18-13(30(15)11-22(23,24)25)10-12(29-6-8-35-9-7-29)17-19(18)37-21(27-17)28-20(32)14-4-5-16(36-14)31(33)34/h4-5,10H,2-3,6-9,11H2,1H3,(H,27,28,32). The molecule has 0 atom stereocenters. The van der Waals surface area contributed by atoms with Gasteiger partial charge in [-0.05, 0) is 18.6 Å². The summed E-state index contributed by atoms with van der Waals surface area (Å²) in [4.78, 5) is 33.9. The molecule has 0 spiro atoms. The molecule has 3 aromatic heterocycles. The lowest BCUT2D eigenvalue weighted by atomic mass is 10.2. The molecule has 1 aliphatic rings. The average Bonchev–Trinajstić information content (AvgIpc) is 3.57. The van der Waals surface area contributed by atoms with Gasteiger partial charge in [0.2, 0.25) is 0 Å². The number of anilines is 2. The number of hydrogen-bond donors (Lipinski definition) is 1. The number of imidazole rings is 1. The molecule has 4 heterocycles. The summed E-state index contributed by atoms with van der Waals surface area (Å²) in [6, 6.07) is 3.91. The molecule has 5 rings (SSSR count).